The van der Waals surface area contributed by atoms with Crippen LogP contribution in [0, 0.1) is 0 Å². The molecule has 0 radical (unpaired) electrons. The monoisotopic (exact) mass is 197 g/mol. The molecule has 0 aliphatic carbocycles. The normalized spacial score (nSPS) is 11.2. The molecule has 72 valence electrons. The summed E-state index contributed by atoms with van der Waals surface area (Å²) in [5.41, 5.74) is 0. The largest absolute Gasteiger partial charge is 0.385 e. The minimum atomic E-state index is -4.01. The van der Waals surface area contributed by atoms with Gasteiger partial charge in [-0.15, -0.1) is 0 Å². The molecule has 12 heavy (non-hydrogen) atoms. The zero-order valence-corrected chi connectivity index (χ0v) is 7.43. The van der Waals surface area contributed by atoms with Crippen molar-refractivity contribution in [3.63, 3.8) is 0 Å². The van der Waals surface area contributed by atoms with Gasteiger partial charge in [0.25, 0.3) is 0 Å². The third-order valence-corrected chi connectivity index (χ3v) is 1.82. The Morgan fingerprint density at radius 3 is 2.58 bits per heavy atom. The van der Waals surface area contributed by atoms with Crippen LogP contribution in [0.4, 0.5) is 0 Å². The van der Waals surface area contributed by atoms with Gasteiger partial charge in [0.05, 0.1) is 0 Å². The van der Waals surface area contributed by atoms with E-state index in [2.05, 4.69) is 4.18 Å². The van der Waals surface area contributed by atoms with Crippen molar-refractivity contribution >= 4 is 16.3 Å². The highest BCUT2D eigenvalue weighted by Gasteiger charge is 2.14. The molecule has 0 amide bonds. The first kappa shape index (κ1) is 11.3. The van der Waals surface area contributed by atoms with E-state index in [0.717, 1.165) is 0 Å². The molecular weight excluding hydrogens is 186 g/mol. The topological polar surface area (TPSA) is 92.7 Å². The Kier molecular flexibility index (Phi) is 4.79. The number of carbonyl (C=O) groups is 1. The van der Waals surface area contributed by atoms with Crippen molar-refractivity contribution in [1.82, 2.24) is 4.72 Å². The van der Waals surface area contributed by atoms with Crippen molar-refractivity contribution in [3.05, 3.63) is 0 Å². The minimum Gasteiger partial charge on any atom is -0.385 e. The Labute approximate surface area is 70.8 Å². The fraction of sp³-hybridized carbons (Fsp3) is 0.800. The SMILES string of the molecule is CCCNS(=O)(=O)OC(=O)CO. The summed E-state index contributed by atoms with van der Waals surface area (Å²) in [5, 5.41) is 8.16. The maximum absolute atomic E-state index is 10.7. The predicted octanol–water partition coefficient (Wildman–Crippen LogP) is -1.23. The Bertz CT molecular complexity index is 234. The first-order chi connectivity index (χ1) is 5.52. The fourth-order valence-electron chi connectivity index (χ4n) is 0.405. The summed E-state index contributed by atoms with van der Waals surface area (Å²) >= 11 is 0. The van der Waals surface area contributed by atoms with E-state index < -0.39 is 22.9 Å². The molecule has 0 spiro atoms. The first-order valence-electron chi connectivity index (χ1n) is 3.34. The molecule has 0 aromatic rings. The van der Waals surface area contributed by atoms with Gasteiger partial charge >= 0.3 is 16.3 Å². The number of aliphatic hydroxyl groups excluding tert-OH is 1. The van der Waals surface area contributed by atoms with E-state index in [4.69, 9.17) is 5.11 Å². The second-order valence-electron chi connectivity index (χ2n) is 1.96. The summed E-state index contributed by atoms with van der Waals surface area (Å²) in [6.45, 7) is 1.00. The molecule has 0 aliphatic heterocycles. The lowest BCUT2D eigenvalue weighted by Gasteiger charge is -2.03. The van der Waals surface area contributed by atoms with E-state index >= 15 is 0 Å². The molecular formula is C5H11NO5S. The molecule has 0 aliphatic rings. The van der Waals surface area contributed by atoms with Crippen LogP contribution in [0.1, 0.15) is 13.3 Å². The summed E-state index contributed by atoms with van der Waals surface area (Å²) in [6, 6.07) is 0. The van der Waals surface area contributed by atoms with Crippen LogP contribution >= 0.6 is 0 Å². The zero-order chi connectivity index (χ0) is 9.61. The van der Waals surface area contributed by atoms with Crippen molar-refractivity contribution in [1.29, 1.82) is 0 Å². The molecule has 0 aromatic heterocycles. The van der Waals surface area contributed by atoms with Gasteiger partial charge < -0.3 is 9.29 Å². The average Bonchev–Trinajstić information content (AvgIpc) is 2.00. The standard InChI is InChI=1S/C5H11NO5S/c1-2-3-6-12(9,10)11-5(8)4-7/h6-7H,2-4H2,1H3. The molecule has 0 fully saturated rings. The van der Waals surface area contributed by atoms with E-state index in [1.807, 2.05) is 4.72 Å². The lowest BCUT2D eigenvalue weighted by atomic mass is 10.5. The van der Waals surface area contributed by atoms with Gasteiger partial charge in [-0.3, -0.25) is 0 Å². The van der Waals surface area contributed by atoms with E-state index in [1.165, 1.54) is 0 Å². The van der Waals surface area contributed by atoms with Crippen molar-refractivity contribution in [2.24, 2.45) is 0 Å². The minimum absolute atomic E-state index is 0.195. The van der Waals surface area contributed by atoms with Gasteiger partial charge in [0.15, 0.2) is 0 Å². The maximum Gasteiger partial charge on any atom is 0.385 e. The second-order valence-corrected chi connectivity index (χ2v) is 3.33. The van der Waals surface area contributed by atoms with Crippen LogP contribution in [0.3, 0.4) is 0 Å². The number of hydrogen-bond acceptors (Lipinski definition) is 5. The Balaban J connectivity index is 3.96. The smallest absolute Gasteiger partial charge is 0.385 e. The molecule has 0 saturated heterocycles. The Morgan fingerprint density at radius 1 is 1.58 bits per heavy atom. The highest BCUT2D eigenvalue weighted by molar-refractivity contribution is 7.85. The van der Waals surface area contributed by atoms with E-state index in [1.54, 1.807) is 6.92 Å². The van der Waals surface area contributed by atoms with Crippen molar-refractivity contribution in [3.8, 4) is 0 Å². The average molecular weight is 197 g/mol. The molecule has 0 unspecified atom stereocenters. The van der Waals surface area contributed by atoms with Crippen LogP contribution in [0.2, 0.25) is 0 Å². The van der Waals surface area contributed by atoms with Crippen molar-refractivity contribution < 1.29 is 22.5 Å². The van der Waals surface area contributed by atoms with Gasteiger partial charge in [0, 0.05) is 6.54 Å². The Hall–Kier alpha value is -0.660. The fourth-order valence-corrected chi connectivity index (χ4v) is 1.22. The number of carbonyl (C=O) groups excluding carboxylic acids is 1. The number of hydrogen-bond donors (Lipinski definition) is 2. The Morgan fingerprint density at radius 2 is 2.17 bits per heavy atom. The van der Waals surface area contributed by atoms with Crippen molar-refractivity contribution in [2.45, 2.75) is 13.3 Å². The lowest BCUT2D eigenvalue weighted by molar-refractivity contribution is -0.136. The molecule has 0 saturated carbocycles. The first-order valence-corrected chi connectivity index (χ1v) is 4.75. The van der Waals surface area contributed by atoms with Gasteiger partial charge in [-0.1, -0.05) is 6.92 Å². The van der Waals surface area contributed by atoms with Gasteiger partial charge in [0.2, 0.25) is 0 Å². The van der Waals surface area contributed by atoms with E-state index in [0.29, 0.717) is 6.42 Å². The van der Waals surface area contributed by atoms with Crippen LogP contribution in [0.15, 0.2) is 0 Å². The third-order valence-electron chi connectivity index (χ3n) is 0.861. The van der Waals surface area contributed by atoms with Crippen LogP contribution in [-0.2, 0) is 19.3 Å². The highest BCUT2D eigenvalue weighted by Crippen LogP contribution is 1.88. The maximum atomic E-state index is 10.7. The molecule has 0 bridgehead atoms. The summed E-state index contributed by atoms with van der Waals surface area (Å²) in [6.07, 6.45) is 0.593. The van der Waals surface area contributed by atoms with Crippen LogP contribution in [-0.4, -0.2) is 32.6 Å². The van der Waals surface area contributed by atoms with Crippen LogP contribution < -0.4 is 4.72 Å². The molecule has 6 nitrogen and oxygen atoms in total. The zero-order valence-electron chi connectivity index (χ0n) is 6.61. The van der Waals surface area contributed by atoms with Gasteiger partial charge in [-0.25, -0.2) is 4.79 Å². The molecule has 0 aromatic carbocycles. The van der Waals surface area contributed by atoms with Crippen LogP contribution in [0.25, 0.3) is 0 Å². The predicted molar refractivity (Wildman–Crippen MR) is 40.4 cm³/mol. The third kappa shape index (κ3) is 5.05. The van der Waals surface area contributed by atoms with Crippen LogP contribution in [0.5, 0.6) is 0 Å². The molecule has 0 atom stereocenters. The van der Waals surface area contributed by atoms with Gasteiger partial charge in [0.1, 0.15) is 6.61 Å². The summed E-state index contributed by atoms with van der Waals surface area (Å²) in [5.74, 6) is -1.20. The van der Waals surface area contributed by atoms with E-state index in [9.17, 15) is 13.2 Å². The van der Waals surface area contributed by atoms with E-state index in [-0.39, 0.29) is 6.54 Å². The van der Waals surface area contributed by atoms with Crippen molar-refractivity contribution in [2.75, 3.05) is 13.2 Å². The number of rotatable bonds is 5. The number of aliphatic hydroxyl groups is 1. The lowest BCUT2D eigenvalue weighted by Crippen LogP contribution is -2.29. The quantitative estimate of drug-likeness (QED) is 0.575. The van der Waals surface area contributed by atoms with Gasteiger partial charge in [-0.2, -0.15) is 13.1 Å². The summed E-state index contributed by atoms with van der Waals surface area (Å²) in [7, 11) is -4.01. The second kappa shape index (κ2) is 5.07. The summed E-state index contributed by atoms with van der Waals surface area (Å²) < 4.78 is 27.2. The number of nitrogens with one attached hydrogen (secondary N) is 1. The molecule has 0 rings (SSSR count). The summed E-state index contributed by atoms with van der Waals surface area (Å²) in [4.78, 5) is 10.3. The van der Waals surface area contributed by atoms with Gasteiger partial charge in [-0.05, 0) is 6.42 Å². The molecule has 0 heterocycles. The molecule has 2 N–H and O–H groups in total. The highest BCUT2D eigenvalue weighted by atomic mass is 32.2. The molecule has 7 heteroatoms.